The Kier molecular flexibility index (Phi) is 8.04. The van der Waals surface area contributed by atoms with Crippen molar-refractivity contribution in [2.24, 2.45) is 0 Å². The van der Waals surface area contributed by atoms with Crippen LogP contribution in [0.5, 0.6) is 5.75 Å². The van der Waals surface area contributed by atoms with E-state index in [9.17, 15) is 18.0 Å². The molecule has 0 fully saturated rings. The first kappa shape index (κ1) is 24.9. The number of sulfonamides is 1. The fourth-order valence-corrected chi connectivity index (χ4v) is 4.08. The van der Waals surface area contributed by atoms with Crippen molar-refractivity contribution in [1.82, 2.24) is 9.62 Å². The maximum absolute atomic E-state index is 12.7. The molecule has 8 nitrogen and oxygen atoms in total. The first-order valence-electron chi connectivity index (χ1n) is 10.6. The van der Waals surface area contributed by atoms with E-state index in [1.54, 1.807) is 31.4 Å². The Morgan fingerprint density at radius 3 is 2.15 bits per heavy atom. The summed E-state index contributed by atoms with van der Waals surface area (Å²) < 4.78 is 30.7. The lowest BCUT2D eigenvalue weighted by Crippen LogP contribution is -2.27. The number of hydrogen-bond donors (Lipinski definition) is 2. The number of amides is 2. The van der Waals surface area contributed by atoms with Crippen molar-refractivity contribution in [3.8, 4) is 5.75 Å². The lowest BCUT2D eigenvalue weighted by atomic mass is 10.1. The van der Waals surface area contributed by atoms with Gasteiger partial charge in [0.1, 0.15) is 5.75 Å². The van der Waals surface area contributed by atoms with Gasteiger partial charge in [-0.2, -0.15) is 0 Å². The maximum atomic E-state index is 12.7. The van der Waals surface area contributed by atoms with Crippen LogP contribution < -0.4 is 15.4 Å². The van der Waals surface area contributed by atoms with Gasteiger partial charge in [-0.15, -0.1) is 0 Å². The Balaban J connectivity index is 1.65. The first-order chi connectivity index (χ1) is 16.2. The summed E-state index contributed by atoms with van der Waals surface area (Å²) in [5.41, 5.74) is 2.02. The van der Waals surface area contributed by atoms with Gasteiger partial charge >= 0.3 is 0 Å². The fraction of sp³-hybridized carbons (Fsp3) is 0.200. The topological polar surface area (TPSA) is 105 Å². The normalized spacial score (nSPS) is 11.2. The number of hydrogen-bond acceptors (Lipinski definition) is 5. The fourth-order valence-electron chi connectivity index (χ4n) is 3.18. The second-order valence-corrected chi connectivity index (χ2v) is 9.82. The molecule has 0 unspecified atom stereocenters. The average Bonchev–Trinajstić information content (AvgIpc) is 2.84. The number of methoxy groups -OCH3 is 1. The van der Waals surface area contributed by atoms with E-state index in [0.717, 1.165) is 15.6 Å². The summed E-state index contributed by atoms with van der Waals surface area (Å²) in [6.45, 7) is 0.426. The van der Waals surface area contributed by atoms with E-state index in [0.29, 0.717) is 24.2 Å². The van der Waals surface area contributed by atoms with Gasteiger partial charge in [0.2, 0.25) is 10.0 Å². The van der Waals surface area contributed by atoms with E-state index in [2.05, 4.69) is 10.6 Å². The summed E-state index contributed by atoms with van der Waals surface area (Å²) in [4.78, 5) is 25.6. The van der Waals surface area contributed by atoms with Crippen LogP contribution in [0.2, 0.25) is 0 Å². The Hall–Kier alpha value is -3.69. The minimum Gasteiger partial charge on any atom is -0.497 e. The summed E-state index contributed by atoms with van der Waals surface area (Å²) in [5, 5.41) is 5.61. The van der Waals surface area contributed by atoms with Gasteiger partial charge in [-0.3, -0.25) is 9.59 Å². The van der Waals surface area contributed by atoms with Gasteiger partial charge < -0.3 is 15.4 Å². The number of carbonyl (C=O) groups excluding carboxylic acids is 2. The summed E-state index contributed by atoms with van der Waals surface area (Å²) in [6, 6.07) is 19.9. The molecule has 9 heteroatoms. The molecule has 0 bridgehead atoms. The zero-order chi connectivity index (χ0) is 24.7. The number of ether oxygens (including phenoxy) is 1. The number of para-hydroxylation sites is 1. The van der Waals surface area contributed by atoms with Crippen LogP contribution in [-0.2, 0) is 16.4 Å². The predicted molar refractivity (Wildman–Crippen MR) is 131 cm³/mol. The van der Waals surface area contributed by atoms with E-state index in [-0.39, 0.29) is 16.4 Å². The molecule has 34 heavy (non-hydrogen) atoms. The van der Waals surface area contributed by atoms with Crippen LogP contribution in [0.3, 0.4) is 0 Å². The quantitative estimate of drug-likeness (QED) is 0.489. The Morgan fingerprint density at radius 1 is 0.882 bits per heavy atom. The highest BCUT2D eigenvalue weighted by Crippen LogP contribution is 2.18. The molecule has 0 aromatic heterocycles. The zero-order valence-electron chi connectivity index (χ0n) is 19.2. The molecule has 0 aliphatic carbocycles. The van der Waals surface area contributed by atoms with E-state index >= 15 is 0 Å². The summed E-state index contributed by atoms with van der Waals surface area (Å²) in [7, 11) is 0.900. The van der Waals surface area contributed by atoms with E-state index in [1.165, 1.54) is 38.4 Å². The van der Waals surface area contributed by atoms with Gasteiger partial charge in [0.05, 0.1) is 23.3 Å². The van der Waals surface area contributed by atoms with Crippen LogP contribution in [0.4, 0.5) is 5.69 Å². The molecular weight excluding hydrogens is 454 g/mol. The molecule has 0 aliphatic heterocycles. The molecule has 3 aromatic carbocycles. The van der Waals surface area contributed by atoms with Crippen LogP contribution in [-0.4, -0.2) is 52.3 Å². The zero-order valence-corrected chi connectivity index (χ0v) is 20.1. The van der Waals surface area contributed by atoms with Gasteiger partial charge in [-0.05, 0) is 60.5 Å². The Bertz CT molecular complexity index is 1250. The number of benzene rings is 3. The summed E-state index contributed by atoms with van der Waals surface area (Å²) in [6.07, 6.45) is 0.645. The van der Waals surface area contributed by atoms with Crippen molar-refractivity contribution < 1.29 is 22.7 Å². The second-order valence-electron chi connectivity index (χ2n) is 7.67. The molecule has 178 valence electrons. The molecule has 0 aliphatic rings. The third-order valence-electron chi connectivity index (χ3n) is 5.17. The molecule has 2 amide bonds. The molecule has 0 atom stereocenters. The molecule has 0 saturated heterocycles. The standard InChI is InChI=1S/C25H27N3O5S/c1-28(2)34(31,32)21-14-10-19(11-15-21)24(29)27-23-7-5-4-6-22(23)25(30)26-17-16-18-8-12-20(33-3)13-9-18/h4-15H,16-17H2,1-3H3,(H,26,30)(H,27,29). The minimum atomic E-state index is -3.59. The summed E-state index contributed by atoms with van der Waals surface area (Å²) >= 11 is 0. The van der Waals surface area contributed by atoms with Crippen molar-refractivity contribution in [2.45, 2.75) is 11.3 Å². The van der Waals surface area contributed by atoms with Gasteiger partial charge in [-0.25, -0.2) is 12.7 Å². The monoisotopic (exact) mass is 481 g/mol. The van der Waals surface area contributed by atoms with Crippen molar-refractivity contribution in [2.75, 3.05) is 33.1 Å². The SMILES string of the molecule is COc1ccc(CCNC(=O)c2ccccc2NC(=O)c2ccc(S(=O)(=O)N(C)C)cc2)cc1. The molecular formula is C25H27N3O5S. The number of nitrogens with one attached hydrogen (secondary N) is 2. The maximum Gasteiger partial charge on any atom is 0.255 e. The van der Waals surface area contributed by atoms with Crippen molar-refractivity contribution in [3.05, 3.63) is 89.5 Å². The van der Waals surface area contributed by atoms with Gasteiger partial charge in [0, 0.05) is 26.2 Å². The first-order valence-corrected chi connectivity index (χ1v) is 12.0. The highest BCUT2D eigenvalue weighted by atomic mass is 32.2. The van der Waals surface area contributed by atoms with Crippen LogP contribution in [0, 0.1) is 0 Å². The Labute approximate surface area is 199 Å². The third-order valence-corrected chi connectivity index (χ3v) is 7.00. The molecule has 3 aromatic rings. The number of anilines is 1. The molecule has 0 heterocycles. The smallest absolute Gasteiger partial charge is 0.255 e. The van der Waals surface area contributed by atoms with E-state index in [4.69, 9.17) is 4.74 Å². The van der Waals surface area contributed by atoms with Crippen LogP contribution >= 0.6 is 0 Å². The highest BCUT2D eigenvalue weighted by Gasteiger charge is 2.18. The van der Waals surface area contributed by atoms with Crippen molar-refractivity contribution >= 4 is 27.5 Å². The minimum absolute atomic E-state index is 0.0886. The lowest BCUT2D eigenvalue weighted by Gasteiger charge is -2.13. The molecule has 0 saturated carbocycles. The van der Waals surface area contributed by atoms with Gasteiger partial charge in [0.15, 0.2) is 0 Å². The van der Waals surface area contributed by atoms with Gasteiger partial charge in [0.25, 0.3) is 11.8 Å². The number of nitrogens with zero attached hydrogens (tertiary/aromatic N) is 1. The number of rotatable bonds is 9. The molecule has 0 radical (unpaired) electrons. The van der Waals surface area contributed by atoms with Crippen LogP contribution in [0.1, 0.15) is 26.3 Å². The van der Waals surface area contributed by atoms with Crippen LogP contribution in [0.15, 0.2) is 77.7 Å². The molecule has 2 N–H and O–H groups in total. The predicted octanol–water partition coefficient (Wildman–Crippen LogP) is 3.17. The third kappa shape index (κ3) is 6.00. The highest BCUT2D eigenvalue weighted by molar-refractivity contribution is 7.89. The summed E-state index contributed by atoms with van der Waals surface area (Å²) in [5.74, 6) is 0.00976. The van der Waals surface area contributed by atoms with Gasteiger partial charge in [-0.1, -0.05) is 24.3 Å². The van der Waals surface area contributed by atoms with E-state index in [1.807, 2.05) is 24.3 Å². The van der Waals surface area contributed by atoms with E-state index < -0.39 is 15.9 Å². The largest absolute Gasteiger partial charge is 0.497 e. The second kappa shape index (κ2) is 11.0. The Morgan fingerprint density at radius 2 is 1.53 bits per heavy atom. The lowest BCUT2D eigenvalue weighted by molar-refractivity contribution is 0.0955. The number of carbonyl (C=O) groups is 2. The molecule has 3 rings (SSSR count). The van der Waals surface area contributed by atoms with Crippen molar-refractivity contribution in [3.63, 3.8) is 0 Å². The van der Waals surface area contributed by atoms with Crippen molar-refractivity contribution in [1.29, 1.82) is 0 Å². The van der Waals surface area contributed by atoms with Crippen LogP contribution in [0.25, 0.3) is 0 Å². The average molecular weight is 482 g/mol. The molecule has 0 spiro atoms.